The van der Waals surface area contributed by atoms with Gasteiger partial charge in [0.05, 0.1) is 10.6 Å². The fraction of sp³-hybridized carbons (Fsp3) is 0.440. The molecule has 5 rings (SSSR count). The normalized spacial score (nSPS) is 22.4. The summed E-state index contributed by atoms with van der Waals surface area (Å²) in [5, 5.41) is 14.7. The molecular weight excluding hydrogens is 452 g/mol. The van der Waals surface area contributed by atoms with Gasteiger partial charge in [-0.3, -0.25) is 14.2 Å². The van der Waals surface area contributed by atoms with Gasteiger partial charge in [0.25, 0.3) is 0 Å². The van der Waals surface area contributed by atoms with Crippen LogP contribution < -0.4 is 5.32 Å². The zero-order valence-electron chi connectivity index (χ0n) is 18.9. The third kappa shape index (κ3) is 4.64. The van der Waals surface area contributed by atoms with Crippen molar-refractivity contribution >= 4 is 40.5 Å². The molecule has 8 heteroatoms. The topological polar surface area (TPSA) is 76.9 Å². The van der Waals surface area contributed by atoms with Crippen LogP contribution in [0.5, 0.6) is 0 Å². The number of nitrogens with one attached hydrogen (secondary N) is 1. The lowest BCUT2D eigenvalue weighted by atomic mass is 9.84. The molecule has 172 valence electrons. The summed E-state index contributed by atoms with van der Waals surface area (Å²) >= 11 is 3.14. The third-order valence-corrected chi connectivity index (χ3v) is 8.89. The number of thioether (sulfide) groups is 1. The molecule has 1 N–H and O–H groups in total. The molecule has 0 spiro atoms. The molecule has 2 bridgehead atoms. The largest absolute Gasteiger partial charge is 0.326 e. The van der Waals surface area contributed by atoms with E-state index in [9.17, 15) is 9.59 Å². The van der Waals surface area contributed by atoms with E-state index >= 15 is 0 Å². The molecule has 3 aromatic rings. The van der Waals surface area contributed by atoms with Crippen molar-refractivity contribution in [3.8, 4) is 10.7 Å². The van der Waals surface area contributed by atoms with E-state index < -0.39 is 0 Å². The quantitative estimate of drug-likeness (QED) is 0.319. The maximum Gasteiger partial charge on any atom is 0.221 e. The number of hydrogen-bond donors (Lipinski definition) is 1. The number of hydrogen-bond acceptors (Lipinski definition) is 6. The molecule has 2 fully saturated rings. The van der Waals surface area contributed by atoms with E-state index in [1.165, 1.54) is 44.4 Å². The molecule has 0 aliphatic heterocycles. The van der Waals surface area contributed by atoms with E-state index in [1.54, 1.807) is 35.6 Å². The minimum atomic E-state index is -0.130. The minimum Gasteiger partial charge on any atom is -0.326 e. The average molecular weight is 481 g/mol. The van der Waals surface area contributed by atoms with Crippen LogP contribution in [0.4, 0.5) is 5.69 Å². The van der Waals surface area contributed by atoms with Gasteiger partial charge in [-0.05, 0) is 79.7 Å². The number of thiophene rings is 1. The van der Waals surface area contributed by atoms with E-state index in [-0.39, 0.29) is 11.7 Å². The number of ketones is 1. The summed E-state index contributed by atoms with van der Waals surface area (Å²) in [6.45, 7) is 3.77. The number of Topliss-reactive ketones (excluding diaryl/α,β-unsaturated/α-hetero) is 1. The van der Waals surface area contributed by atoms with Crippen LogP contribution in [0.15, 0.2) is 46.9 Å². The Balaban J connectivity index is 1.35. The highest BCUT2D eigenvalue weighted by atomic mass is 32.2. The summed E-state index contributed by atoms with van der Waals surface area (Å²) < 4.78 is 2.29. The number of fused-ring (bicyclic) bond motifs is 2. The molecule has 0 saturated heterocycles. The molecule has 0 radical (unpaired) electrons. The number of rotatable bonds is 8. The number of anilines is 1. The van der Waals surface area contributed by atoms with Gasteiger partial charge in [-0.2, -0.15) is 0 Å². The van der Waals surface area contributed by atoms with E-state index in [4.69, 9.17) is 0 Å². The maximum atomic E-state index is 12.9. The van der Waals surface area contributed by atoms with E-state index in [0.29, 0.717) is 29.0 Å². The summed E-state index contributed by atoms with van der Waals surface area (Å²) in [6, 6.07) is 11.5. The van der Waals surface area contributed by atoms with Gasteiger partial charge >= 0.3 is 0 Å². The number of benzene rings is 1. The standard InChI is InChI=1S/C25H28N4O2S2/c1-15(21-13-17-5-6-19(21)12-17)29-24(23-4-3-11-32-23)27-28-25(29)33-14-22(31)18-7-9-20(10-8-18)26-16(2)30/h3-4,7-11,15,17,19,21H,5-6,12-14H2,1-2H3,(H,26,30). The lowest BCUT2D eigenvalue weighted by Crippen LogP contribution is -2.23. The lowest BCUT2D eigenvalue weighted by Gasteiger charge is -2.30. The molecule has 4 unspecified atom stereocenters. The second-order valence-electron chi connectivity index (χ2n) is 9.20. The van der Waals surface area contributed by atoms with Crippen molar-refractivity contribution in [1.82, 2.24) is 14.8 Å². The molecule has 4 atom stereocenters. The zero-order valence-corrected chi connectivity index (χ0v) is 20.5. The van der Waals surface area contributed by atoms with Crippen molar-refractivity contribution in [2.24, 2.45) is 17.8 Å². The van der Waals surface area contributed by atoms with Gasteiger partial charge in [0, 0.05) is 24.2 Å². The Kier molecular flexibility index (Phi) is 6.38. The Morgan fingerprint density at radius 3 is 2.64 bits per heavy atom. The van der Waals surface area contributed by atoms with Crippen LogP contribution in [0.2, 0.25) is 0 Å². The van der Waals surface area contributed by atoms with Crippen LogP contribution in [0.1, 0.15) is 55.9 Å². The Labute approximate surface area is 202 Å². The second-order valence-corrected chi connectivity index (χ2v) is 11.1. The van der Waals surface area contributed by atoms with Crippen LogP contribution in [0.3, 0.4) is 0 Å². The molecule has 2 saturated carbocycles. The Morgan fingerprint density at radius 2 is 2.00 bits per heavy atom. The number of amides is 1. The first kappa shape index (κ1) is 22.3. The molecule has 2 aliphatic carbocycles. The van der Waals surface area contributed by atoms with Gasteiger partial charge in [-0.1, -0.05) is 24.2 Å². The maximum absolute atomic E-state index is 12.9. The average Bonchev–Trinajstić information content (AvgIpc) is 3.61. The Morgan fingerprint density at radius 1 is 1.18 bits per heavy atom. The minimum absolute atomic E-state index is 0.0363. The molecule has 33 heavy (non-hydrogen) atoms. The van der Waals surface area contributed by atoms with Crippen LogP contribution in [-0.2, 0) is 4.79 Å². The molecule has 2 heterocycles. The summed E-state index contributed by atoms with van der Waals surface area (Å²) in [4.78, 5) is 25.2. The summed E-state index contributed by atoms with van der Waals surface area (Å²) in [6.07, 6.45) is 5.37. The number of nitrogens with zero attached hydrogens (tertiary/aromatic N) is 3. The van der Waals surface area contributed by atoms with E-state index in [2.05, 4.69) is 38.5 Å². The highest BCUT2D eigenvalue weighted by Crippen LogP contribution is 2.53. The van der Waals surface area contributed by atoms with Gasteiger partial charge in [0.2, 0.25) is 5.91 Å². The van der Waals surface area contributed by atoms with Crippen LogP contribution in [0, 0.1) is 17.8 Å². The highest BCUT2D eigenvalue weighted by molar-refractivity contribution is 7.99. The molecule has 1 amide bonds. The molecule has 1 aromatic carbocycles. The molecule has 2 aromatic heterocycles. The van der Waals surface area contributed by atoms with Crippen LogP contribution >= 0.6 is 23.1 Å². The predicted molar refractivity (Wildman–Crippen MR) is 133 cm³/mol. The monoisotopic (exact) mass is 480 g/mol. The van der Waals surface area contributed by atoms with Gasteiger partial charge in [0.1, 0.15) is 0 Å². The van der Waals surface area contributed by atoms with Crippen LogP contribution in [0.25, 0.3) is 10.7 Å². The van der Waals surface area contributed by atoms with Crippen molar-refractivity contribution in [2.45, 2.75) is 50.7 Å². The lowest BCUT2D eigenvalue weighted by molar-refractivity contribution is -0.114. The van der Waals surface area contributed by atoms with Gasteiger partial charge < -0.3 is 5.32 Å². The molecular formula is C25H28N4O2S2. The predicted octanol–water partition coefficient (Wildman–Crippen LogP) is 5.94. The van der Waals surface area contributed by atoms with Crippen molar-refractivity contribution in [3.63, 3.8) is 0 Å². The smallest absolute Gasteiger partial charge is 0.221 e. The first-order chi connectivity index (χ1) is 16.0. The summed E-state index contributed by atoms with van der Waals surface area (Å²) in [7, 11) is 0. The van der Waals surface area contributed by atoms with Crippen molar-refractivity contribution in [3.05, 3.63) is 47.3 Å². The summed E-state index contributed by atoms with van der Waals surface area (Å²) in [5.74, 6) is 3.44. The van der Waals surface area contributed by atoms with Crippen molar-refractivity contribution < 1.29 is 9.59 Å². The number of carbonyl (C=O) groups excluding carboxylic acids is 2. The van der Waals surface area contributed by atoms with Gasteiger partial charge in [0.15, 0.2) is 16.8 Å². The van der Waals surface area contributed by atoms with Gasteiger partial charge in [-0.25, -0.2) is 0 Å². The van der Waals surface area contributed by atoms with Crippen LogP contribution in [-0.4, -0.2) is 32.2 Å². The van der Waals surface area contributed by atoms with E-state index in [0.717, 1.165) is 27.7 Å². The Bertz CT molecular complexity index is 1140. The first-order valence-corrected chi connectivity index (χ1v) is 13.4. The zero-order chi connectivity index (χ0) is 22.9. The fourth-order valence-corrected chi connectivity index (χ4v) is 7.17. The first-order valence-electron chi connectivity index (χ1n) is 11.5. The SMILES string of the molecule is CC(=O)Nc1ccc(C(=O)CSc2nnc(-c3cccs3)n2C(C)C2CC3CCC2C3)cc1. The van der Waals surface area contributed by atoms with Crippen molar-refractivity contribution in [2.75, 3.05) is 11.1 Å². The van der Waals surface area contributed by atoms with Gasteiger partial charge in [-0.15, -0.1) is 21.5 Å². The molecule has 6 nitrogen and oxygen atoms in total. The van der Waals surface area contributed by atoms with Crippen molar-refractivity contribution in [1.29, 1.82) is 0 Å². The second kappa shape index (κ2) is 9.43. The highest BCUT2D eigenvalue weighted by Gasteiger charge is 2.43. The van der Waals surface area contributed by atoms with E-state index in [1.807, 2.05) is 6.07 Å². The third-order valence-electron chi connectivity index (χ3n) is 7.09. The Hall–Kier alpha value is -2.45. The number of aromatic nitrogens is 3. The summed E-state index contributed by atoms with van der Waals surface area (Å²) in [5.41, 5.74) is 1.31. The molecule has 2 aliphatic rings. The fourth-order valence-electron chi connectivity index (χ4n) is 5.55. The number of carbonyl (C=O) groups is 2.